The lowest BCUT2D eigenvalue weighted by Crippen LogP contribution is -2.69. The predicted molar refractivity (Wildman–Crippen MR) is 29.1 cm³/mol. The van der Waals surface area contributed by atoms with E-state index in [0.29, 0.717) is 6.61 Å². The van der Waals surface area contributed by atoms with Crippen molar-refractivity contribution in [3.05, 3.63) is 0 Å². The smallest absolute Gasteiger partial charge is 0.350 e. The second-order valence-electron chi connectivity index (χ2n) is 1.27. The first kappa shape index (κ1) is 7.87. The summed E-state index contributed by atoms with van der Waals surface area (Å²) in [4.78, 5) is 10.4. The van der Waals surface area contributed by atoms with Crippen molar-refractivity contribution < 1.29 is 14.6 Å². The molecule has 0 aromatic heterocycles. The molecule has 0 fully saturated rings. The zero-order valence-electron chi connectivity index (χ0n) is 5.26. The van der Waals surface area contributed by atoms with Gasteiger partial charge in [-0.15, -0.1) is 0 Å². The summed E-state index contributed by atoms with van der Waals surface area (Å²) in [7, 11) is 0. The van der Waals surface area contributed by atoms with E-state index in [-0.39, 0.29) is 12.5 Å². The van der Waals surface area contributed by atoms with Crippen LogP contribution >= 0.6 is 0 Å². The summed E-state index contributed by atoms with van der Waals surface area (Å²) < 4.78 is 4.53. The van der Waals surface area contributed by atoms with Gasteiger partial charge in [-0.3, -0.25) is 0 Å². The van der Waals surface area contributed by atoms with Crippen molar-refractivity contribution in [3.8, 4) is 0 Å². The Labute approximate surface area is 52.9 Å². The van der Waals surface area contributed by atoms with Crippen LogP contribution < -0.4 is 11.0 Å². The van der Waals surface area contributed by atoms with E-state index in [1.165, 1.54) is 0 Å². The van der Waals surface area contributed by atoms with Crippen molar-refractivity contribution in [2.75, 3.05) is 13.2 Å². The molecule has 0 saturated carbocycles. The molecule has 5 heteroatoms. The fourth-order valence-electron chi connectivity index (χ4n) is 0.322. The Morgan fingerprint density at radius 3 is 3.00 bits per heavy atom. The SMILES string of the molecule is CCOC(=O)C[NH+]=NN. The molecular weight excluding hydrogens is 122 g/mol. The maximum atomic E-state index is 10.4. The van der Waals surface area contributed by atoms with Crippen LogP contribution in [0.3, 0.4) is 0 Å². The van der Waals surface area contributed by atoms with E-state index in [0.717, 1.165) is 0 Å². The van der Waals surface area contributed by atoms with Crippen molar-refractivity contribution in [2.24, 2.45) is 11.1 Å². The molecule has 0 unspecified atom stereocenters. The van der Waals surface area contributed by atoms with Crippen molar-refractivity contribution in [1.82, 2.24) is 0 Å². The highest BCUT2D eigenvalue weighted by molar-refractivity contribution is 5.69. The van der Waals surface area contributed by atoms with E-state index in [1.807, 2.05) is 0 Å². The van der Waals surface area contributed by atoms with E-state index in [9.17, 15) is 4.79 Å². The minimum Gasteiger partial charge on any atom is -0.463 e. The molecule has 0 rings (SSSR count). The quantitative estimate of drug-likeness (QED) is 0.201. The average molecular weight is 132 g/mol. The Morgan fingerprint density at radius 1 is 1.89 bits per heavy atom. The van der Waals surface area contributed by atoms with Crippen LogP contribution in [0.4, 0.5) is 0 Å². The van der Waals surface area contributed by atoms with Gasteiger partial charge in [-0.25, -0.2) is 4.79 Å². The summed E-state index contributed by atoms with van der Waals surface area (Å²) in [6, 6.07) is 0. The summed E-state index contributed by atoms with van der Waals surface area (Å²) in [6.45, 7) is 2.15. The molecular formula is C4H10N3O2+. The van der Waals surface area contributed by atoms with E-state index >= 15 is 0 Å². The number of carbonyl (C=O) groups excluding carboxylic acids is 1. The van der Waals surface area contributed by atoms with Gasteiger partial charge in [0, 0.05) is 0 Å². The van der Waals surface area contributed by atoms with Gasteiger partial charge in [0.2, 0.25) is 6.54 Å². The number of esters is 1. The number of rotatable bonds is 3. The van der Waals surface area contributed by atoms with Crippen molar-refractivity contribution in [1.29, 1.82) is 0 Å². The average Bonchev–Trinajstić information content (AvgIpc) is 1.85. The summed E-state index contributed by atoms with van der Waals surface area (Å²) in [5.41, 5.74) is 0. The molecule has 0 aromatic carbocycles. The first-order valence-electron chi connectivity index (χ1n) is 2.59. The van der Waals surface area contributed by atoms with Crippen LogP contribution in [-0.2, 0) is 9.53 Å². The Hall–Kier alpha value is -1.13. The first-order valence-corrected chi connectivity index (χ1v) is 2.59. The molecule has 0 aromatic rings. The number of nitrogens with two attached hydrogens (primary N) is 1. The van der Waals surface area contributed by atoms with Crippen molar-refractivity contribution in [2.45, 2.75) is 6.92 Å². The maximum absolute atomic E-state index is 10.4. The molecule has 0 aliphatic carbocycles. The standard InChI is InChI=1S/C4H9N3O2/c1-2-9-4(8)3-6-7-5/h2-3H2,1H3,(H2,5,6)/p+1. The number of hydrogen-bond acceptors (Lipinski definition) is 3. The number of ether oxygens (including phenoxy) is 1. The normalized spacial score (nSPS) is 9.89. The van der Waals surface area contributed by atoms with Crippen LogP contribution in [0.2, 0.25) is 0 Å². The highest BCUT2D eigenvalue weighted by Crippen LogP contribution is 1.69. The number of hydrogen-bond donors (Lipinski definition) is 2. The molecule has 0 amide bonds. The van der Waals surface area contributed by atoms with Gasteiger partial charge in [0.15, 0.2) is 0 Å². The van der Waals surface area contributed by atoms with Gasteiger partial charge in [-0.1, -0.05) is 0 Å². The Balaban J connectivity index is 3.27. The molecule has 0 aliphatic rings. The zero-order chi connectivity index (χ0) is 7.11. The molecule has 0 bridgehead atoms. The second kappa shape index (κ2) is 5.02. The van der Waals surface area contributed by atoms with E-state index in [4.69, 9.17) is 0 Å². The van der Waals surface area contributed by atoms with Gasteiger partial charge in [-0.2, -0.15) is 11.0 Å². The first-order chi connectivity index (χ1) is 4.31. The van der Waals surface area contributed by atoms with E-state index in [2.05, 4.69) is 20.9 Å². The largest absolute Gasteiger partial charge is 0.463 e. The molecule has 52 valence electrons. The monoisotopic (exact) mass is 132 g/mol. The second-order valence-corrected chi connectivity index (χ2v) is 1.27. The fourth-order valence-corrected chi connectivity index (χ4v) is 0.322. The van der Waals surface area contributed by atoms with Crippen LogP contribution in [0.5, 0.6) is 0 Å². The summed E-state index contributed by atoms with van der Waals surface area (Å²) in [5, 5.41) is 5.27. The number of carbonyl (C=O) groups is 1. The molecule has 9 heavy (non-hydrogen) atoms. The van der Waals surface area contributed by atoms with Crippen LogP contribution in [-0.4, -0.2) is 19.1 Å². The molecule has 5 nitrogen and oxygen atoms in total. The minimum absolute atomic E-state index is 0.0321. The van der Waals surface area contributed by atoms with Gasteiger partial charge in [0.05, 0.1) is 11.8 Å². The molecule has 0 spiro atoms. The van der Waals surface area contributed by atoms with E-state index < -0.39 is 0 Å². The molecule has 0 atom stereocenters. The third-order valence-electron chi connectivity index (χ3n) is 0.620. The van der Waals surface area contributed by atoms with Gasteiger partial charge in [0.1, 0.15) is 0 Å². The van der Waals surface area contributed by atoms with Gasteiger partial charge in [0.25, 0.3) is 0 Å². The summed E-state index contributed by atoms with van der Waals surface area (Å²) in [5.74, 6) is 4.32. The Bertz CT molecular complexity index is 112. The number of nitrogens with zero attached hydrogens (tertiary/aromatic N) is 1. The fraction of sp³-hybridized carbons (Fsp3) is 0.750. The summed E-state index contributed by atoms with van der Waals surface area (Å²) in [6.07, 6.45) is 0. The van der Waals surface area contributed by atoms with Crippen LogP contribution in [0.15, 0.2) is 5.22 Å². The van der Waals surface area contributed by atoms with Gasteiger partial charge < -0.3 is 4.74 Å². The van der Waals surface area contributed by atoms with Crippen molar-refractivity contribution >= 4 is 5.97 Å². The molecule has 0 saturated heterocycles. The lowest BCUT2D eigenvalue weighted by Gasteiger charge is -1.92. The third-order valence-corrected chi connectivity index (χ3v) is 0.620. The Morgan fingerprint density at radius 2 is 2.56 bits per heavy atom. The molecule has 0 heterocycles. The lowest BCUT2D eigenvalue weighted by atomic mass is 10.7. The van der Waals surface area contributed by atoms with Crippen LogP contribution in [0.25, 0.3) is 0 Å². The summed E-state index contributed by atoms with van der Waals surface area (Å²) >= 11 is 0. The molecule has 3 N–H and O–H groups in total. The van der Waals surface area contributed by atoms with Crippen LogP contribution in [0, 0.1) is 0 Å². The third kappa shape index (κ3) is 4.73. The lowest BCUT2D eigenvalue weighted by molar-refractivity contribution is -0.524. The van der Waals surface area contributed by atoms with Crippen LogP contribution in [0.1, 0.15) is 6.92 Å². The minimum atomic E-state index is -0.355. The highest BCUT2D eigenvalue weighted by atomic mass is 16.5. The molecule has 0 aliphatic heterocycles. The van der Waals surface area contributed by atoms with Gasteiger partial charge >= 0.3 is 5.97 Å². The van der Waals surface area contributed by atoms with E-state index in [1.54, 1.807) is 6.92 Å². The predicted octanol–water partition coefficient (Wildman–Crippen LogP) is -2.04. The van der Waals surface area contributed by atoms with Crippen molar-refractivity contribution in [3.63, 3.8) is 0 Å². The number of nitrogens with one attached hydrogen (secondary N) is 1. The zero-order valence-corrected chi connectivity index (χ0v) is 5.26. The topological polar surface area (TPSA) is 78.7 Å². The highest BCUT2D eigenvalue weighted by Gasteiger charge is 1.98. The Kier molecular flexibility index (Phi) is 4.39. The maximum Gasteiger partial charge on any atom is 0.350 e. The molecule has 0 radical (unpaired) electrons. The van der Waals surface area contributed by atoms with Gasteiger partial charge in [-0.05, 0) is 6.92 Å².